The highest BCUT2D eigenvalue weighted by Crippen LogP contribution is 2.30. The number of hydrogen-bond donors (Lipinski definition) is 1. The molecule has 1 atom stereocenters. The molecule has 0 saturated carbocycles. The number of carbonyl (C=O) groups excluding carboxylic acids is 1. The quantitative estimate of drug-likeness (QED) is 0.891. The summed E-state index contributed by atoms with van der Waals surface area (Å²) in [6.45, 7) is 6.07. The summed E-state index contributed by atoms with van der Waals surface area (Å²) in [4.78, 5) is 17.4. The van der Waals surface area contributed by atoms with Gasteiger partial charge in [0.05, 0.1) is 18.8 Å². The lowest BCUT2D eigenvalue weighted by molar-refractivity contribution is -0.128. The summed E-state index contributed by atoms with van der Waals surface area (Å²) < 4.78 is 5.48. The number of methoxy groups -OCH3 is 1. The molecule has 25 heavy (non-hydrogen) atoms. The Labute approximate surface area is 151 Å². The Balaban J connectivity index is 1.53. The second-order valence-electron chi connectivity index (χ2n) is 7.08. The van der Waals surface area contributed by atoms with Gasteiger partial charge in [0, 0.05) is 19.1 Å². The monoisotopic (exact) mass is 345 g/mol. The van der Waals surface area contributed by atoms with E-state index in [1.807, 2.05) is 18.2 Å². The first-order valence-electron chi connectivity index (χ1n) is 9.65. The number of nitrogens with one attached hydrogen (secondary N) is 1. The number of anilines is 1. The van der Waals surface area contributed by atoms with Crippen LogP contribution >= 0.6 is 0 Å². The van der Waals surface area contributed by atoms with E-state index < -0.39 is 0 Å². The smallest absolute Gasteiger partial charge is 0.237 e. The second kappa shape index (κ2) is 8.56. The Hall–Kier alpha value is -1.75. The molecule has 2 fully saturated rings. The van der Waals surface area contributed by atoms with Gasteiger partial charge in [-0.05, 0) is 50.9 Å². The van der Waals surface area contributed by atoms with Crippen molar-refractivity contribution in [1.82, 2.24) is 10.2 Å². The van der Waals surface area contributed by atoms with E-state index in [-0.39, 0.29) is 11.9 Å². The van der Waals surface area contributed by atoms with Gasteiger partial charge in [-0.3, -0.25) is 9.69 Å². The van der Waals surface area contributed by atoms with Crippen molar-refractivity contribution < 1.29 is 9.53 Å². The topological polar surface area (TPSA) is 44.8 Å². The van der Waals surface area contributed by atoms with E-state index in [0.29, 0.717) is 6.04 Å². The maximum absolute atomic E-state index is 12.7. The number of nitrogens with zero attached hydrogens (tertiary/aromatic N) is 2. The molecule has 1 amide bonds. The maximum Gasteiger partial charge on any atom is 0.237 e. The minimum absolute atomic E-state index is 0.0750. The Kier molecular flexibility index (Phi) is 6.19. The molecular formula is C20H31N3O2. The fourth-order valence-electron chi connectivity index (χ4n) is 4.12. The minimum Gasteiger partial charge on any atom is -0.495 e. The van der Waals surface area contributed by atoms with Gasteiger partial charge in [0.2, 0.25) is 5.91 Å². The molecule has 1 unspecified atom stereocenters. The fraction of sp³-hybridized carbons (Fsp3) is 0.650. The van der Waals surface area contributed by atoms with Crippen LogP contribution in [0, 0.1) is 0 Å². The Morgan fingerprint density at radius 2 is 1.92 bits per heavy atom. The molecular weight excluding hydrogens is 314 g/mol. The molecule has 1 N–H and O–H groups in total. The van der Waals surface area contributed by atoms with Crippen LogP contribution in [0.2, 0.25) is 0 Å². The van der Waals surface area contributed by atoms with Crippen LogP contribution in [0.15, 0.2) is 24.3 Å². The lowest BCUT2D eigenvalue weighted by atomic mass is 9.99. The van der Waals surface area contributed by atoms with Crippen LogP contribution in [0.1, 0.15) is 39.0 Å². The van der Waals surface area contributed by atoms with Crippen LogP contribution in [0.4, 0.5) is 5.69 Å². The van der Waals surface area contributed by atoms with Crippen molar-refractivity contribution >= 4 is 11.6 Å². The van der Waals surface area contributed by atoms with Crippen molar-refractivity contribution in [2.45, 2.75) is 51.1 Å². The summed E-state index contributed by atoms with van der Waals surface area (Å²) in [5, 5.41) is 3.31. The van der Waals surface area contributed by atoms with Crippen LogP contribution in [-0.4, -0.2) is 56.2 Å². The van der Waals surface area contributed by atoms with Gasteiger partial charge in [-0.25, -0.2) is 0 Å². The van der Waals surface area contributed by atoms with Gasteiger partial charge < -0.3 is 15.0 Å². The molecule has 1 aromatic carbocycles. The minimum atomic E-state index is 0.0750. The second-order valence-corrected chi connectivity index (χ2v) is 7.08. The van der Waals surface area contributed by atoms with Crippen molar-refractivity contribution in [2.24, 2.45) is 0 Å². The summed E-state index contributed by atoms with van der Waals surface area (Å²) in [7, 11) is 1.72. The van der Waals surface area contributed by atoms with Gasteiger partial charge in [-0.2, -0.15) is 0 Å². The molecule has 0 spiro atoms. The van der Waals surface area contributed by atoms with Crippen LogP contribution in [-0.2, 0) is 4.79 Å². The van der Waals surface area contributed by atoms with Crippen molar-refractivity contribution in [3.05, 3.63) is 24.3 Å². The number of piperidine rings is 2. The fourth-order valence-corrected chi connectivity index (χ4v) is 4.12. The van der Waals surface area contributed by atoms with Crippen molar-refractivity contribution in [2.75, 3.05) is 38.2 Å². The highest BCUT2D eigenvalue weighted by atomic mass is 16.5. The number of carbonyl (C=O) groups is 1. The van der Waals surface area contributed by atoms with E-state index in [1.165, 1.54) is 12.8 Å². The van der Waals surface area contributed by atoms with E-state index in [4.69, 9.17) is 4.74 Å². The molecule has 3 rings (SSSR count). The molecule has 2 aliphatic rings. The summed E-state index contributed by atoms with van der Waals surface area (Å²) in [6.07, 6.45) is 5.36. The molecule has 2 heterocycles. The molecule has 0 bridgehead atoms. The predicted octanol–water partition coefficient (Wildman–Crippen LogP) is 2.65. The first-order valence-corrected chi connectivity index (χ1v) is 9.65. The van der Waals surface area contributed by atoms with Crippen LogP contribution in [0.5, 0.6) is 5.75 Å². The first kappa shape index (κ1) is 18.1. The third-order valence-electron chi connectivity index (χ3n) is 5.59. The third kappa shape index (κ3) is 4.27. The zero-order chi connectivity index (χ0) is 17.6. The average molecular weight is 345 g/mol. The van der Waals surface area contributed by atoms with Crippen LogP contribution in [0.3, 0.4) is 0 Å². The zero-order valence-electron chi connectivity index (χ0n) is 15.5. The Morgan fingerprint density at radius 1 is 1.16 bits per heavy atom. The largest absolute Gasteiger partial charge is 0.495 e. The van der Waals surface area contributed by atoms with Crippen molar-refractivity contribution in [1.29, 1.82) is 0 Å². The van der Waals surface area contributed by atoms with Gasteiger partial charge >= 0.3 is 0 Å². The highest BCUT2D eigenvalue weighted by Gasteiger charge is 2.30. The molecule has 1 aromatic rings. The third-order valence-corrected chi connectivity index (χ3v) is 5.59. The normalized spacial score (nSPS) is 22.6. The maximum atomic E-state index is 12.7. The molecule has 0 aliphatic carbocycles. The van der Waals surface area contributed by atoms with Crippen molar-refractivity contribution in [3.8, 4) is 5.75 Å². The molecule has 2 aliphatic heterocycles. The van der Waals surface area contributed by atoms with E-state index >= 15 is 0 Å². The van der Waals surface area contributed by atoms with Gasteiger partial charge in [-0.15, -0.1) is 0 Å². The molecule has 2 saturated heterocycles. The van der Waals surface area contributed by atoms with Gasteiger partial charge in [0.15, 0.2) is 0 Å². The summed E-state index contributed by atoms with van der Waals surface area (Å²) in [5.74, 6) is 1.16. The van der Waals surface area contributed by atoms with E-state index in [0.717, 1.165) is 56.9 Å². The number of ether oxygens (including phenoxy) is 1. The molecule has 5 heteroatoms. The van der Waals surface area contributed by atoms with Crippen molar-refractivity contribution in [3.63, 3.8) is 0 Å². The average Bonchev–Trinajstić information content (AvgIpc) is 2.68. The highest BCUT2D eigenvalue weighted by molar-refractivity contribution is 5.82. The summed E-state index contributed by atoms with van der Waals surface area (Å²) in [6, 6.07) is 8.53. The van der Waals surface area contributed by atoms with Gasteiger partial charge in [-0.1, -0.05) is 25.5 Å². The molecule has 5 nitrogen and oxygen atoms in total. The van der Waals surface area contributed by atoms with Gasteiger partial charge in [0.1, 0.15) is 5.75 Å². The lowest BCUT2D eigenvalue weighted by Crippen LogP contribution is -2.53. The number of amides is 1. The van der Waals surface area contributed by atoms with Crippen LogP contribution < -0.4 is 15.0 Å². The number of likely N-dealkylation sites (tertiary alicyclic amines) is 1. The number of benzene rings is 1. The predicted molar refractivity (Wildman–Crippen MR) is 101 cm³/mol. The first-order chi connectivity index (χ1) is 12.2. The Bertz CT molecular complexity index is 570. The lowest BCUT2D eigenvalue weighted by Gasteiger charge is -2.37. The number of likely N-dealkylation sites (N-methyl/N-ethyl adjacent to an activating group) is 1. The Morgan fingerprint density at radius 3 is 2.64 bits per heavy atom. The summed E-state index contributed by atoms with van der Waals surface area (Å²) >= 11 is 0. The van der Waals surface area contributed by atoms with E-state index in [9.17, 15) is 4.79 Å². The molecule has 138 valence electrons. The SMILES string of the molecule is CCN1CCCCC1C(=O)NC1CCN(c2ccccc2OC)CC1. The molecule has 0 radical (unpaired) electrons. The van der Waals surface area contributed by atoms with Gasteiger partial charge in [0.25, 0.3) is 0 Å². The number of rotatable bonds is 5. The zero-order valence-corrected chi connectivity index (χ0v) is 15.5. The van der Waals surface area contributed by atoms with E-state index in [2.05, 4.69) is 28.1 Å². The molecule has 0 aromatic heterocycles. The van der Waals surface area contributed by atoms with E-state index in [1.54, 1.807) is 7.11 Å². The number of para-hydroxylation sites is 2. The standard InChI is InChI=1S/C20H31N3O2/c1-3-22-13-7-6-9-18(22)20(24)21-16-11-14-23(15-12-16)17-8-4-5-10-19(17)25-2/h4-5,8,10,16,18H,3,6-7,9,11-15H2,1-2H3,(H,21,24). The van der Waals surface area contributed by atoms with Crippen LogP contribution in [0.25, 0.3) is 0 Å². The summed E-state index contributed by atoms with van der Waals surface area (Å²) in [5.41, 5.74) is 1.15. The number of hydrogen-bond acceptors (Lipinski definition) is 4.